The van der Waals surface area contributed by atoms with Crippen molar-refractivity contribution in [1.29, 1.82) is 0 Å². The van der Waals surface area contributed by atoms with Gasteiger partial charge in [-0.1, -0.05) is 43.0 Å². The van der Waals surface area contributed by atoms with Gasteiger partial charge in [0.1, 0.15) is 0 Å². The third kappa shape index (κ3) is 2.89. The molecule has 1 aromatic carbocycles. The van der Waals surface area contributed by atoms with E-state index in [9.17, 15) is 4.79 Å². The third-order valence-corrected chi connectivity index (χ3v) is 5.83. The van der Waals surface area contributed by atoms with Crippen molar-refractivity contribution in [3.05, 3.63) is 56.6 Å². The Hall–Kier alpha value is -1.43. The van der Waals surface area contributed by atoms with Crippen LogP contribution < -0.4 is 4.90 Å². The van der Waals surface area contributed by atoms with Gasteiger partial charge in [-0.25, -0.2) is 0 Å². The number of carbonyl (C=O) groups is 1. The van der Waals surface area contributed by atoms with E-state index in [0.717, 1.165) is 17.0 Å². The van der Waals surface area contributed by atoms with E-state index in [2.05, 4.69) is 13.0 Å². The molecule has 0 radical (unpaired) electrons. The van der Waals surface area contributed by atoms with Gasteiger partial charge in [-0.3, -0.25) is 9.69 Å². The van der Waals surface area contributed by atoms with E-state index in [4.69, 9.17) is 12.2 Å². The van der Waals surface area contributed by atoms with Crippen LogP contribution in [0.25, 0.3) is 6.08 Å². The molecule has 0 spiro atoms. The standard InChI is InChI=1S/C17H15NOS3/c1-3-12-4-6-13(7-5-12)18-16(19)15(22-17(18)20)10-14-11(2)8-9-21-14/h4-10H,3H2,1-2H3/b15-10-. The second-order valence-corrected chi connectivity index (χ2v) is 7.63. The summed E-state index contributed by atoms with van der Waals surface area (Å²) in [6, 6.07) is 10.1. The molecule has 5 heteroatoms. The van der Waals surface area contributed by atoms with Gasteiger partial charge in [0.25, 0.3) is 5.91 Å². The Kier molecular flexibility index (Phi) is 4.47. The molecule has 0 atom stereocenters. The van der Waals surface area contributed by atoms with E-state index in [-0.39, 0.29) is 5.91 Å². The molecule has 0 N–H and O–H groups in total. The number of rotatable bonds is 3. The lowest BCUT2D eigenvalue weighted by molar-refractivity contribution is -0.113. The van der Waals surface area contributed by atoms with Crippen molar-refractivity contribution >= 4 is 57.3 Å². The van der Waals surface area contributed by atoms with Crippen LogP contribution in [0.2, 0.25) is 0 Å². The fourth-order valence-corrected chi connectivity index (χ4v) is 4.44. The van der Waals surface area contributed by atoms with Crippen molar-refractivity contribution in [2.24, 2.45) is 0 Å². The van der Waals surface area contributed by atoms with Crippen molar-refractivity contribution in [1.82, 2.24) is 0 Å². The summed E-state index contributed by atoms with van der Waals surface area (Å²) in [5.74, 6) is -0.0351. The first-order valence-corrected chi connectivity index (χ1v) is 9.11. The number of aryl methyl sites for hydroxylation is 2. The van der Waals surface area contributed by atoms with E-state index in [1.165, 1.54) is 22.9 Å². The van der Waals surface area contributed by atoms with E-state index < -0.39 is 0 Å². The van der Waals surface area contributed by atoms with Crippen LogP contribution in [0.5, 0.6) is 0 Å². The summed E-state index contributed by atoms with van der Waals surface area (Å²) >= 11 is 8.40. The second kappa shape index (κ2) is 6.36. The molecule has 0 unspecified atom stereocenters. The minimum atomic E-state index is -0.0351. The molecule has 1 saturated heterocycles. The highest BCUT2D eigenvalue weighted by Crippen LogP contribution is 2.37. The van der Waals surface area contributed by atoms with Gasteiger partial charge in [0.15, 0.2) is 4.32 Å². The van der Waals surface area contributed by atoms with Gasteiger partial charge in [0.2, 0.25) is 0 Å². The van der Waals surface area contributed by atoms with Crippen molar-refractivity contribution in [2.75, 3.05) is 4.90 Å². The highest BCUT2D eigenvalue weighted by Gasteiger charge is 2.33. The molecule has 2 nitrogen and oxygen atoms in total. The zero-order valence-corrected chi connectivity index (χ0v) is 14.8. The predicted molar refractivity (Wildman–Crippen MR) is 101 cm³/mol. The van der Waals surface area contributed by atoms with Crippen LogP contribution in [0.1, 0.15) is 22.9 Å². The van der Waals surface area contributed by atoms with Crippen LogP contribution in [0.4, 0.5) is 5.69 Å². The number of thiophene rings is 1. The van der Waals surface area contributed by atoms with Gasteiger partial charge in [-0.05, 0) is 54.1 Å². The Morgan fingerprint density at radius 3 is 2.55 bits per heavy atom. The number of nitrogens with zero attached hydrogens (tertiary/aromatic N) is 1. The Bertz CT molecular complexity index is 758. The smallest absolute Gasteiger partial charge is 0.268 e. The van der Waals surface area contributed by atoms with Crippen LogP contribution in [-0.4, -0.2) is 10.2 Å². The molecule has 1 aliphatic heterocycles. The van der Waals surface area contributed by atoms with Crippen LogP contribution in [0.15, 0.2) is 40.6 Å². The molecule has 112 valence electrons. The monoisotopic (exact) mass is 345 g/mol. The lowest BCUT2D eigenvalue weighted by atomic mass is 10.1. The van der Waals surface area contributed by atoms with Crippen molar-refractivity contribution in [3.8, 4) is 0 Å². The summed E-state index contributed by atoms with van der Waals surface area (Å²) < 4.78 is 0.592. The van der Waals surface area contributed by atoms with Gasteiger partial charge in [0.05, 0.1) is 10.6 Å². The predicted octanol–water partition coefficient (Wildman–Crippen LogP) is 5.02. The van der Waals surface area contributed by atoms with E-state index >= 15 is 0 Å². The third-order valence-electron chi connectivity index (χ3n) is 3.56. The average molecular weight is 346 g/mol. The zero-order chi connectivity index (χ0) is 15.7. The van der Waals surface area contributed by atoms with Crippen molar-refractivity contribution in [2.45, 2.75) is 20.3 Å². The molecular weight excluding hydrogens is 330 g/mol. The maximum atomic E-state index is 12.7. The number of thiocarbonyl (C=S) groups is 1. The first-order chi connectivity index (χ1) is 10.6. The first-order valence-electron chi connectivity index (χ1n) is 7.01. The van der Waals surface area contributed by atoms with Crippen LogP contribution in [0, 0.1) is 6.92 Å². The van der Waals surface area contributed by atoms with Gasteiger partial charge >= 0.3 is 0 Å². The van der Waals surface area contributed by atoms with Crippen molar-refractivity contribution < 1.29 is 4.79 Å². The number of amides is 1. The second-order valence-electron chi connectivity index (χ2n) is 5.00. The number of benzene rings is 1. The Morgan fingerprint density at radius 2 is 1.95 bits per heavy atom. The number of carbonyl (C=O) groups excluding carboxylic acids is 1. The first kappa shape index (κ1) is 15.5. The lowest BCUT2D eigenvalue weighted by Crippen LogP contribution is -2.27. The summed E-state index contributed by atoms with van der Waals surface area (Å²) in [5, 5.41) is 2.03. The van der Waals surface area contributed by atoms with Gasteiger partial charge in [0, 0.05) is 4.88 Å². The molecule has 0 bridgehead atoms. The number of hydrogen-bond acceptors (Lipinski definition) is 4. The van der Waals surface area contributed by atoms with E-state index in [1.807, 2.05) is 42.6 Å². The van der Waals surface area contributed by atoms with Gasteiger partial charge < -0.3 is 0 Å². The quantitative estimate of drug-likeness (QED) is 0.575. The summed E-state index contributed by atoms with van der Waals surface area (Å²) in [4.78, 5) is 16.1. The fraction of sp³-hybridized carbons (Fsp3) is 0.176. The largest absolute Gasteiger partial charge is 0.270 e. The summed E-state index contributed by atoms with van der Waals surface area (Å²) in [7, 11) is 0. The molecule has 1 aromatic heterocycles. The van der Waals surface area contributed by atoms with E-state index in [0.29, 0.717) is 9.23 Å². The molecule has 1 aliphatic rings. The minimum absolute atomic E-state index is 0.0351. The van der Waals surface area contributed by atoms with Crippen molar-refractivity contribution in [3.63, 3.8) is 0 Å². The number of anilines is 1. The number of hydrogen-bond donors (Lipinski definition) is 0. The molecular formula is C17H15NOS3. The zero-order valence-electron chi connectivity index (χ0n) is 12.3. The molecule has 0 aliphatic carbocycles. The highest BCUT2D eigenvalue weighted by molar-refractivity contribution is 8.27. The normalized spacial score (nSPS) is 16.8. The van der Waals surface area contributed by atoms with Gasteiger partial charge in [-0.15, -0.1) is 11.3 Å². The molecule has 2 aromatic rings. The lowest BCUT2D eigenvalue weighted by Gasteiger charge is -2.14. The number of thioether (sulfide) groups is 1. The fourth-order valence-electron chi connectivity index (χ4n) is 2.22. The molecule has 1 fully saturated rings. The summed E-state index contributed by atoms with van der Waals surface area (Å²) in [6.07, 6.45) is 2.93. The molecule has 2 heterocycles. The van der Waals surface area contributed by atoms with Crippen LogP contribution in [-0.2, 0) is 11.2 Å². The van der Waals surface area contributed by atoms with Crippen LogP contribution in [0.3, 0.4) is 0 Å². The topological polar surface area (TPSA) is 20.3 Å². The average Bonchev–Trinajstić information content (AvgIpc) is 3.04. The SMILES string of the molecule is CCc1ccc(N2C(=O)/C(=C/c3sccc3C)SC2=S)cc1. The molecule has 0 saturated carbocycles. The molecule has 1 amide bonds. The van der Waals surface area contributed by atoms with E-state index in [1.54, 1.807) is 16.2 Å². The highest BCUT2D eigenvalue weighted by atomic mass is 32.2. The Balaban J connectivity index is 1.91. The van der Waals surface area contributed by atoms with Crippen LogP contribution >= 0.6 is 35.3 Å². The maximum Gasteiger partial charge on any atom is 0.270 e. The summed E-state index contributed by atoms with van der Waals surface area (Å²) in [6.45, 7) is 4.16. The Morgan fingerprint density at radius 1 is 1.23 bits per heavy atom. The maximum absolute atomic E-state index is 12.7. The summed E-state index contributed by atoms with van der Waals surface area (Å²) in [5.41, 5.74) is 3.27. The molecule has 22 heavy (non-hydrogen) atoms. The minimum Gasteiger partial charge on any atom is -0.268 e. The molecule has 3 rings (SSSR count). The Labute approximate surface area is 143 Å². The van der Waals surface area contributed by atoms with Gasteiger partial charge in [-0.2, -0.15) is 0 Å².